The highest BCUT2D eigenvalue weighted by atomic mass is 127. The number of nitrogens with one attached hydrogen (secondary N) is 1. The first-order chi connectivity index (χ1) is 5.95. The Balaban J connectivity index is 0.00000169. The predicted octanol–water partition coefficient (Wildman–Crippen LogP) is -3.40. The van der Waals surface area contributed by atoms with E-state index < -0.39 is 0 Å². The van der Waals surface area contributed by atoms with Gasteiger partial charge in [0.1, 0.15) is 12.1 Å². The van der Waals surface area contributed by atoms with Gasteiger partial charge in [0.2, 0.25) is 0 Å². The average Bonchev–Trinajstić information content (AvgIpc) is 2.50. The van der Waals surface area contributed by atoms with Crippen molar-refractivity contribution in [3.8, 4) is 0 Å². The molecule has 2 unspecified atom stereocenters. The van der Waals surface area contributed by atoms with Crippen molar-refractivity contribution in [2.75, 3.05) is 34.8 Å². The number of methoxy groups -OCH3 is 1. The normalized spacial score (nSPS) is 26.9. The highest BCUT2D eigenvalue weighted by Crippen LogP contribution is 2.16. The highest BCUT2D eigenvalue weighted by Gasteiger charge is 2.37. The quantitative estimate of drug-likeness (QED) is 0.328. The summed E-state index contributed by atoms with van der Waals surface area (Å²) in [4.78, 5) is 11.2. The van der Waals surface area contributed by atoms with E-state index in [0.29, 0.717) is 6.04 Å². The number of nitrogens with zero attached hydrogens (tertiary/aromatic N) is 1. The second kappa shape index (κ2) is 5.27. The zero-order valence-corrected chi connectivity index (χ0v) is 11.4. The van der Waals surface area contributed by atoms with E-state index in [9.17, 15) is 4.79 Å². The lowest BCUT2D eigenvalue weighted by Crippen LogP contribution is -3.00. The summed E-state index contributed by atoms with van der Waals surface area (Å²) >= 11 is 0. The molecule has 1 N–H and O–H groups in total. The van der Waals surface area contributed by atoms with Crippen LogP contribution in [0.2, 0.25) is 0 Å². The molecule has 1 saturated heterocycles. The fraction of sp³-hybridized carbons (Fsp3) is 0.889. The predicted molar refractivity (Wildman–Crippen MR) is 50.2 cm³/mol. The zero-order chi connectivity index (χ0) is 10.1. The molecule has 1 fully saturated rings. The van der Waals surface area contributed by atoms with Crippen molar-refractivity contribution >= 4 is 5.97 Å². The van der Waals surface area contributed by atoms with Crippen LogP contribution in [0.3, 0.4) is 0 Å². The molecule has 1 heterocycles. The van der Waals surface area contributed by atoms with Crippen LogP contribution in [-0.2, 0) is 9.53 Å². The Morgan fingerprint density at radius 1 is 1.43 bits per heavy atom. The molecule has 1 aliphatic heterocycles. The molecule has 5 heteroatoms. The lowest BCUT2D eigenvalue weighted by molar-refractivity contribution is -0.893. The Hall–Kier alpha value is 0.120. The molecule has 0 aromatic carbocycles. The van der Waals surface area contributed by atoms with Gasteiger partial charge in [-0.2, -0.15) is 0 Å². The standard InChI is InChI=1S/C9H19N2O2.HI/c1-11(2,3)7-5-8(10-6-7)9(12)13-4;/h7-8,10H,5-6H2,1-4H3;1H/q+1;/p-1. The van der Waals surface area contributed by atoms with Gasteiger partial charge < -0.3 is 33.2 Å². The topological polar surface area (TPSA) is 38.3 Å². The van der Waals surface area contributed by atoms with Gasteiger partial charge in [-0.3, -0.25) is 10.1 Å². The van der Waals surface area contributed by atoms with Crippen molar-refractivity contribution in [2.24, 2.45) is 0 Å². The molecule has 0 aliphatic carbocycles. The monoisotopic (exact) mass is 314 g/mol. The molecule has 1 rings (SSSR count). The molecule has 1 aliphatic rings. The van der Waals surface area contributed by atoms with Gasteiger partial charge in [0.05, 0.1) is 28.3 Å². The minimum Gasteiger partial charge on any atom is -1.00 e. The molecule has 0 spiro atoms. The number of halogens is 1. The van der Waals surface area contributed by atoms with E-state index in [4.69, 9.17) is 0 Å². The van der Waals surface area contributed by atoms with Crippen LogP contribution in [0.4, 0.5) is 0 Å². The molecular formula is C9H19IN2O2. The van der Waals surface area contributed by atoms with Crippen molar-refractivity contribution in [3.63, 3.8) is 0 Å². The highest BCUT2D eigenvalue weighted by molar-refractivity contribution is 5.76. The molecule has 0 saturated carbocycles. The number of hydrogen-bond acceptors (Lipinski definition) is 3. The van der Waals surface area contributed by atoms with Crippen molar-refractivity contribution in [3.05, 3.63) is 0 Å². The van der Waals surface area contributed by atoms with Crippen LogP contribution in [0.1, 0.15) is 6.42 Å². The molecule has 0 amide bonds. The Bertz CT molecular complexity index is 203. The van der Waals surface area contributed by atoms with Gasteiger partial charge in [-0.25, -0.2) is 0 Å². The summed E-state index contributed by atoms with van der Waals surface area (Å²) in [5.41, 5.74) is 0. The minimum atomic E-state index is -0.143. The van der Waals surface area contributed by atoms with E-state index in [1.54, 1.807) is 0 Å². The summed E-state index contributed by atoms with van der Waals surface area (Å²) in [7, 11) is 7.87. The number of likely N-dealkylation sites (N-methyl/N-ethyl adjacent to an activating group) is 1. The first-order valence-electron chi connectivity index (χ1n) is 4.57. The third-order valence-electron chi connectivity index (χ3n) is 2.69. The van der Waals surface area contributed by atoms with E-state index >= 15 is 0 Å². The van der Waals surface area contributed by atoms with Crippen LogP contribution < -0.4 is 29.3 Å². The Labute approximate surface area is 103 Å². The van der Waals surface area contributed by atoms with Gasteiger partial charge >= 0.3 is 5.97 Å². The molecule has 4 nitrogen and oxygen atoms in total. The fourth-order valence-electron chi connectivity index (χ4n) is 1.63. The van der Waals surface area contributed by atoms with E-state index in [0.717, 1.165) is 17.4 Å². The van der Waals surface area contributed by atoms with Crippen molar-refractivity contribution in [1.29, 1.82) is 0 Å². The van der Waals surface area contributed by atoms with Gasteiger partial charge in [0, 0.05) is 13.0 Å². The van der Waals surface area contributed by atoms with Gasteiger partial charge in [-0.05, 0) is 0 Å². The SMILES string of the molecule is COC(=O)C1CC([N+](C)(C)C)CN1.[I-]. The summed E-state index contributed by atoms with van der Waals surface area (Å²) in [6.45, 7) is 0.892. The van der Waals surface area contributed by atoms with Crippen LogP contribution in [0, 0.1) is 0 Å². The van der Waals surface area contributed by atoms with E-state index in [2.05, 4.69) is 31.2 Å². The number of esters is 1. The maximum absolute atomic E-state index is 11.2. The van der Waals surface area contributed by atoms with Gasteiger partial charge in [-0.1, -0.05) is 0 Å². The Morgan fingerprint density at radius 2 is 2.00 bits per heavy atom. The number of carbonyl (C=O) groups is 1. The van der Waals surface area contributed by atoms with Crippen LogP contribution >= 0.6 is 0 Å². The van der Waals surface area contributed by atoms with Crippen molar-refractivity contribution in [1.82, 2.24) is 5.32 Å². The van der Waals surface area contributed by atoms with Crippen LogP contribution in [0.5, 0.6) is 0 Å². The number of ether oxygens (including phenoxy) is 1. The summed E-state index contributed by atoms with van der Waals surface area (Å²) in [5, 5.41) is 3.17. The summed E-state index contributed by atoms with van der Waals surface area (Å²) in [6.07, 6.45) is 0.871. The second-order valence-corrected chi connectivity index (χ2v) is 4.49. The zero-order valence-electron chi connectivity index (χ0n) is 9.21. The fourth-order valence-corrected chi connectivity index (χ4v) is 1.63. The summed E-state index contributed by atoms with van der Waals surface area (Å²) in [6, 6.07) is 0.399. The number of carbonyl (C=O) groups excluding carboxylic acids is 1. The first-order valence-corrected chi connectivity index (χ1v) is 4.57. The molecule has 14 heavy (non-hydrogen) atoms. The van der Waals surface area contributed by atoms with E-state index in [1.807, 2.05) is 0 Å². The van der Waals surface area contributed by atoms with Crippen molar-refractivity contribution in [2.45, 2.75) is 18.5 Å². The molecule has 84 valence electrons. The third kappa shape index (κ3) is 3.36. The molecule has 0 bridgehead atoms. The maximum Gasteiger partial charge on any atom is 0.323 e. The van der Waals surface area contributed by atoms with E-state index in [-0.39, 0.29) is 36.0 Å². The van der Waals surface area contributed by atoms with Crippen LogP contribution in [0.15, 0.2) is 0 Å². The number of rotatable bonds is 2. The van der Waals surface area contributed by atoms with Gasteiger partial charge in [0.15, 0.2) is 0 Å². The minimum absolute atomic E-state index is 0. The Morgan fingerprint density at radius 3 is 2.36 bits per heavy atom. The summed E-state index contributed by atoms with van der Waals surface area (Å²) < 4.78 is 5.58. The van der Waals surface area contributed by atoms with Crippen molar-refractivity contribution < 1.29 is 38.0 Å². The largest absolute Gasteiger partial charge is 1.00 e. The molecule has 0 aromatic heterocycles. The average molecular weight is 314 g/mol. The number of quaternary nitrogens is 1. The van der Waals surface area contributed by atoms with Crippen LogP contribution in [0.25, 0.3) is 0 Å². The lowest BCUT2D eigenvalue weighted by Gasteiger charge is -2.30. The molecule has 0 radical (unpaired) electrons. The second-order valence-electron chi connectivity index (χ2n) is 4.49. The molecule has 0 aromatic rings. The molecular weight excluding hydrogens is 295 g/mol. The molecule has 2 atom stereocenters. The smallest absolute Gasteiger partial charge is 0.323 e. The van der Waals surface area contributed by atoms with E-state index in [1.165, 1.54) is 7.11 Å². The maximum atomic E-state index is 11.2. The third-order valence-corrected chi connectivity index (χ3v) is 2.69. The van der Waals surface area contributed by atoms with Gasteiger partial charge in [-0.15, -0.1) is 0 Å². The number of hydrogen-bond donors (Lipinski definition) is 1. The lowest BCUT2D eigenvalue weighted by atomic mass is 10.1. The van der Waals surface area contributed by atoms with Crippen LogP contribution in [-0.4, -0.2) is 57.3 Å². The van der Waals surface area contributed by atoms with Gasteiger partial charge in [0.25, 0.3) is 0 Å². The summed E-state index contributed by atoms with van der Waals surface area (Å²) in [5.74, 6) is -0.143. The first kappa shape index (κ1) is 14.1. The Kier molecular flexibility index (Phi) is 5.32.